The highest BCUT2D eigenvalue weighted by Crippen LogP contribution is 2.29. The van der Waals surface area contributed by atoms with Crippen LogP contribution >= 0.6 is 34.7 Å². The second-order valence-corrected chi connectivity index (χ2v) is 9.01. The van der Waals surface area contributed by atoms with Crippen LogP contribution in [0.1, 0.15) is 22.5 Å². The van der Waals surface area contributed by atoms with Gasteiger partial charge in [-0.05, 0) is 30.5 Å². The van der Waals surface area contributed by atoms with Crippen molar-refractivity contribution in [2.75, 3.05) is 12.4 Å². The molecule has 3 heterocycles. The smallest absolute Gasteiger partial charge is 0.183 e. The van der Waals surface area contributed by atoms with Gasteiger partial charge in [-0.1, -0.05) is 53.7 Å². The number of nitrogens with zero attached hydrogens (tertiary/aromatic N) is 2. The number of thiophene rings is 1. The van der Waals surface area contributed by atoms with Crippen molar-refractivity contribution in [1.82, 2.24) is 9.55 Å². The zero-order valence-electron chi connectivity index (χ0n) is 14.6. The van der Waals surface area contributed by atoms with E-state index >= 15 is 0 Å². The van der Waals surface area contributed by atoms with E-state index in [0.29, 0.717) is 15.0 Å². The van der Waals surface area contributed by atoms with Gasteiger partial charge in [0.25, 0.3) is 0 Å². The Hall–Kier alpha value is -1.60. The van der Waals surface area contributed by atoms with E-state index in [-0.39, 0.29) is 11.9 Å². The molecule has 0 spiro atoms. The fourth-order valence-corrected chi connectivity index (χ4v) is 5.09. The van der Waals surface area contributed by atoms with Gasteiger partial charge in [-0.25, -0.2) is 4.98 Å². The van der Waals surface area contributed by atoms with E-state index < -0.39 is 0 Å². The number of hydrogen-bond acceptors (Lipinski definition) is 5. The molecule has 0 aliphatic carbocycles. The third kappa shape index (κ3) is 4.46. The molecule has 0 bridgehead atoms. The summed E-state index contributed by atoms with van der Waals surface area (Å²) < 4.78 is 8.65. The van der Waals surface area contributed by atoms with Crippen molar-refractivity contribution < 1.29 is 9.53 Å². The minimum Gasteiger partial charge on any atom is -0.376 e. The van der Waals surface area contributed by atoms with Crippen LogP contribution < -0.4 is 0 Å². The predicted molar refractivity (Wildman–Crippen MR) is 111 cm³/mol. The maximum Gasteiger partial charge on any atom is 0.183 e. The number of rotatable bonds is 7. The van der Waals surface area contributed by atoms with Crippen molar-refractivity contribution in [3.05, 3.63) is 57.9 Å². The normalized spacial score (nSPS) is 16.7. The first-order chi connectivity index (χ1) is 13.2. The Morgan fingerprint density at radius 2 is 2.15 bits per heavy atom. The first kappa shape index (κ1) is 18.7. The van der Waals surface area contributed by atoms with Gasteiger partial charge in [-0.3, -0.25) is 4.79 Å². The Morgan fingerprint density at radius 1 is 1.30 bits per heavy atom. The molecule has 0 radical (unpaired) electrons. The number of Topliss-reactive ketones (excluding diaryl/α,β-unsaturated/α-hetero) is 1. The molecule has 2 aromatic heterocycles. The Bertz CT molecular complexity index is 917. The lowest BCUT2D eigenvalue weighted by atomic mass is 10.1. The molecule has 0 amide bonds. The van der Waals surface area contributed by atoms with Crippen LogP contribution in [0, 0.1) is 0 Å². The molecule has 3 aromatic rings. The Balaban J connectivity index is 1.55. The number of ketones is 1. The standard InChI is InChI=1S/C20H19ClN2O2S2/c21-19-9-8-18(27-19)17(24)13-26-20-22-11-16(14-5-2-1-3-6-14)23(20)12-15-7-4-10-25-15/h1-3,5-6,8-9,11,15H,4,7,10,12-13H2. The van der Waals surface area contributed by atoms with Gasteiger partial charge in [0.1, 0.15) is 0 Å². The zero-order valence-corrected chi connectivity index (χ0v) is 17.0. The number of ether oxygens (including phenoxy) is 1. The molecule has 1 aliphatic heterocycles. The monoisotopic (exact) mass is 418 g/mol. The summed E-state index contributed by atoms with van der Waals surface area (Å²) in [6.45, 7) is 1.58. The summed E-state index contributed by atoms with van der Waals surface area (Å²) in [5.74, 6) is 0.415. The number of carbonyl (C=O) groups excluding carboxylic acids is 1. The molecule has 1 fully saturated rings. The maximum atomic E-state index is 12.4. The number of halogens is 1. The van der Waals surface area contributed by atoms with E-state index in [1.54, 1.807) is 12.1 Å². The van der Waals surface area contributed by atoms with E-state index in [1.807, 2.05) is 24.4 Å². The second-order valence-electron chi connectivity index (χ2n) is 6.35. The van der Waals surface area contributed by atoms with Gasteiger partial charge in [0.2, 0.25) is 0 Å². The van der Waals surface area contributed by atoms with E-state index in [4.69, 9.17) is 16.3 Å². The van der Waals surface area contributed by atoms with Crippen molar-refractivity contribution in [3.63, 3.8) is 0 Å². The largest absolute Gasteiger partial charge is 0.376 e. The van der Waals surface area contributed by atoms with E-state index in [2.05, 4.69) is 21.7 Å². The lowest BCUT2D eigenvalue weighted by Gasteiger charge is -2.16. The van der Waals surface area contributed by atoms with Gasteiger partial charge < -0.3 is 9.30 Å². The first-order valence-electron chi connectivity index (χ1n) is 8.84. The summed E-state index contributed by atoms with van der Waals surface area (Å²) in [6.07, 6.45) is 4.25. The summed E-state index contributed by atoms with van der Waals surface area (Å²) in [4.78, 5) is 17.7. The van der Waals surface area contributed by atoms with E-state index in [1.165, 1.54) is 23.1 Å². The number of benzene rings is 1. The predicted octanol–water partition coefficient (Wildman–Crippen LogP) is 5.42. The highest BCUT2D eigenvalue weighted by atomic mass is 35.5. The van der Waals surface area contributed by atoms with Crippen molar-refractivity contribution in [3.8, 4) is 11.3 Å². The molecule has 27 heavy (non-hydrogen) atoms. The minimum absolute atomic E-state index is 0.0739. The van der Waals surface area contributed by atoms with E-state index in [0.717, 1.165) is 42.4 Å². The van der Waals surface area contributed by atoms with Crippen LogP contribution in [0.3, 0.4) is 0 Å². The Labute approximate surface area is 171 Å². The minimum atomic E-state index is 0.0739. The molecule has 0 N–H and O–H groups in total. The molecule has 1 aromatic carbocycles. The van der Waals surface area contributed by atoms with Crippen LogP contribution in [0.15, 0.2) is 53.8 Å². The molecular formula is C20H19ClN2O2S2. The van der Waals surface area contributed by atoms with Gasteiger partial charge in [-0.2, -0.15) is 0 Å². The van der Waals surface area contributed by atoms with E-state index in [9.17, 15) is 4.79 Å². The van der Waals surface area contributed by atoms with Crippen molar-refractivity contribution in [2.45, 2.75) is 30.6 Å². The molecule has 4 rings (SSSR count). The molecule has 140 valence electrons. The summed E-state index contributed by atoms with van der Waals surface area (Å²) in [5, 5.41) is 0.848. The molecule has 4 nitrogen and oxygen atoms in total. The third-order valence-corrected chi connectivity index (χ3v) is 6.74. The van der Waals surface area contributed by atoms with Crippen LogP contribution in [-0.2, 0) is 11.3 Å². The highest BCUT2D eigenvalue weighted by Gasteiger charge is 2.21. The highest BCUT2D eigenvalue weighted by molar-refractivity contribution is 7.99. The van der Waals surface area contributed by atoms with Crippen LogP contribution in [0.4, 0.5) is 0 Å². The molecule has 1 saturated heterocycles. The zero-order chi connectivity index (χ0) is 18.6. The number of carbonyl (C=O) groups is 1. The van der Waals surface area contributed by atoms with Gasteiger partial charge in [-0.15, -0.1) is 11.3 Å². The SMILES string of the molecule is O=C(CSc1ncc(-c2ccccc2)n1CC1CCCO1)c1ccc(Cl)s1. The van der Waals surface area contributed by atoms with Gasteiger partial charge >= 0.3 is 0 Å². The molecular weight excluding hydrogens is 400 g/mol. The third-order valence-electron chi connectivity index (χ3n) is 4.48. The fraction of sp³-hybridized carbons (Fsp3) is 0.300. The summed E-state index contributed by atoms with van der Waals surface area (Å²) >= 11 is 8.73. The number of imidazole rings is 1. The molecule has 1 atom stereocenters. The molecule has 0 saturated carbocycles. The number of hydrogen-bond donors (Lipinski definition) is 0. The van der Waals surface area contributed by atoms with Crippen LogP contribution in [-0.4, -0.2) is 33.8 Å². The lowest BCUT2D eigenvalue weighted by Crippen LogP contribution is -2.17. The van der Waals surface area contributed by atoms with Crippen LogP contribution in [0.25, 0.3) is 11.3 Å². The van der Waals surface area contributed by atoms with Gasteiger partial charge in [0, 0.05) is 6.61 Å². The van der Waals surface area contributed by atoms with Gasteiger partial charge in [0.15, 0.2) is 10.9 Å². The van der Waals surface area contributed by atoms with Gasteiger partial charge in [0.05, 0.1) is 39.5 Å². The summed E-state index contributed by atoms with van der Waals surface area (Å²) in [6, 6.07) is 13.8. The Morgan fingerprint density at radius 3 is 2.85 bits per heavy atom. The fourth-order valence-electron chi connectivity index (χ4n) is 3.15. The lowest BCUT2D eigenvalue weighted by molar-refractivity contribution is 0.0954. The molecule has 1 aliphatic rings. The number of thioether (sulfide) groups is 1. The van der Waals surface area contributed by atoms with Crippen molar-refractivity contribution >= 4 is 40.5 Å². The van der Waals surface area contributed by atoms with Crippen molar-refractivity contribution in [2.24, 2.45) is 0 Å². The Kier molecular flexibility index (Phi) is 5.98. The van der Waals surface area contributed by atoms with Crippen LogP contribution in [0.2, 0.25) is 4.34 Å². The quantitative estimate of drug-likeness (QED) is 0.379. The topological polar surface area (TPSA) is 44.1 Å². The average molecular weight is 419 g/mol. The summed E-state index contributed by atoms with van der Waals surface area (Å²) in [5.41, 5.74) is 2.17. The molecule has 7 heteroatoms. The summed E-state index contributed by atoms with van der Waals surface area (Å²) in [7, 11) is 0. The van der Waals surface area contributed by atoms with Crippen molar-refractivity contribution in [1.29, 1.82) is 0 Å². The average Bonchev–Trinajstić information content (AvgIpc) is 3.43. The number of aromatic nitrogens is 2. The van der Waals surface area contributed by atoms with Crippen LogP contribution in [0.5, 0.6) is 0 Å². The maximum absolute atomic E-state index is 12.4. The molecule has 1 unspecified atom stereocenters. The first-order valence-corrected chi connectivity index (χ1v) is 11.0. The second kappa shape index (κ2) is 8.61.